The van der Waals surface area contributed by atoms with Crippen LogP contribution in [0, 0.1) is 0 Å². The maximum atomic E-state index is 14.5. The Bertz CT molecular complexity index is 2390. The van der Waals surface area contributed by atoms with E-state index in [1.165, 1.54) is 37.9 Å². The van der Waals surface area contributed by atoms with Crippen LogP contribution >= 0.6 is 11.3 Å². The van der Waals surface area contributed by atoms with Gasteiger partial charge in [-0.15, -0.1) is 11.3 Å². The van der Waals surface area contributed by atoms with Gasteiger partial charge in [0.05, 0.1) is 41.8 Å². The fourth-order valence-corrected chi connectivity index (χ4v) is 7.46. The van der Waals surface area contributed by atoms with Gasteiger partial charge in [-0.1, -0.05) is 0 Å². The monoisotopic (exact) mass is 741 g/mol. The van der Waals surface area contributed by atoms with Gasteiger partial charge in [-0.2, -0.15) is 18.3 Å². The highest BCUT2D eigenvalue weighted by atomic mass is 32.1. The predicted molar refractivity (Wildman–Crippen MR) is 188 cm³/mol. The standard InChI is InChI=1S/C36H30F3N9O4S/c1-45-16-28(32(44-45)36(37,38)39)24-9-20(13-46-8-6-40-18-46)10-25-23(24)4-7-48(34(25)50)30-3-5-41-31-26(30)11-22(52-2)12-27(31)33(49)43-21-14-47(15-21)35(51)29-17-53-19-42-29/h3,5-6,8-12,16-19,21H,4,7,13-15H2,1-2H3,(H,43,49). The lowest BCUT2D eigenvalue weighted by Crippen LogP contribution is -2.61. The third-order valence-electron chi connectivity index (χ3n) is 9.40. The number of nitrogens with zero attached hydrogens (tertiary/aromatic N) is 8. The van der Waals surface area contributed by atoms with E-state index in [2.05, 4.69) is 25.4 Å². The number of alkyl halides is 3. The molecule has 1 fully saturated rings. The molecule has 1 saturated heterocycles. The number of likely N-dealkylation sites (tertiary alicyclic amines) is 1. The molecule has 17 heteroatoms. The van der Waals surface area contributed by atoms with Gasteiger partial charge in [0.25, 0.3) is 17.7 Å². The third-order valence-corrected chi connectivity index (χ3v) is 9.99. The fraction of sp³-hybridized carbons (Fsp3) is 0.250. The van der Waals surface area contributed by atoms with Crippen LogP contribution in [0.25, 0.3) is 22.0 Å². The van der Waals surface area contributed by atoms with Crippen LogP contribution in [-0.2, 0) is 26.2 Å². The molecule has 0 radical (unpaired) electrons. The van der Waals surface area contributed by atoms with Crippen LogP contribution in [0.5, 0.6) is 5.75 Å². The van der Waals surface area contributed by atoms with Crippen molar-refractivity contribution in [3.8, 4) is 16.9 Å². The summed E-state index contributed by atoms with van der Waals surface area (Å²) in [5.41, 5.74) is 3.44. The molecule has 53 heavy (non-hydrogen) atoms. The van der Waals surface area contributed by atoms with Crippen molar-refractivity contribution in [3.63, 3.8) is 0 Å². The highest BCUT2D eigenvalue weighted by molar-refractivity contribution is 7.07. The second-order valence-electron chi connectivity index (χ2n) is 12.8. The molecule has 0 aliphatic carbocycles. The SMILES string of the molecule is COc1cc(C(=O)NC2CN(C(=O)c3cscn3)C2)c2nccc(N3CCc4c(cc(Cn5ccnc5)cc4-c4cn(C)nc4C(F)(F)F)C3=O)c2c1. The number of aryl methyl sites for hydroxylation is 1. The number of carbonyl (C=O) groups is 3. The summed E-state index contributed by atoms with van der Waals surface area (Å²) in [7, 11) is 2.89. The number of rotatable bonds is 8. The molecule has 2 aliphatic rings. The van der Waals surface area contributed by atoms with Crippen LogP contribution in [-0.4, -0.2) is 84.7 Å². The molecule has 0 unspecified atom stereocenters. The second kappa shape index (κ2) is 13.1. The number of halogens is 3. The van der Waals surface area contributed by atoms with Gasteiger partial charge < -0.3 is 24.4 Å². The molecule has 2 aliphatic heterocycles. The molecule has 0 spiro atoms. The van der Waals surface area contributed by atoms with E-state index in [1.54, 1.807) is 74.3 Å². The Hall–Kier alpha value is -6.10. The first kappa shape index (κ1) is 34.0. The van der Waals surface area contributed by atoms with E-state index in [0.717, 1.165) is 4.68 Å². The zero-order chi connectivity index (χ0) is 37.0. The summed E-state index contributed by atoms with van der Waals surface area (Å²) >= 11 is 1.33. The number of thiazole rings is 1. The van der Waals surface area contributed by atoms with Crippen molar-refractivity contribution < 1.29 is 32.3 Å². The van der Waals surface area contributed by atoms with Crippen molar-refractivity contribution in [2.75, 3.05) is 31.6 Å². The predicted octanol–water partition coefficient (Wildman–Crippen LogP) is 4.82. The highest BCUT2D eigenvalue weighted by Gasteiger charge is 2.39. The Kier molecular flexibility index (Phi) is 8.44. The summed E-state index contributed by atoms with van der Waals surface area (Å²) in [6, 6.07) is 8.03. The van der Waals surface area contributed by atoms with E-state index in [-0.39, 0.29) is 53.7 Å². The molecular formula is C36H30F3N9O4S. The number of pyridine rings is 1. The summed E-state index contributed by atoms with van der Waals surface area (Å²) in [6.07, 6.45) is 3.27. The Morgan fingerprint density at radius 3 is 2.60 bits per heavy atom. The molecular weight excluding hydrogens is 712 g/mol. The van der Waals surface area contributed by atoms with E-state index < -0.39 is 23.7 Å². The van der Waals surface area contributed by atoms with Crippen molar-refractivity contribution in [2.24, 2.45) is 7.05 Å². The third kappa shape index (κ3) is 6.26. The number of nitrogens with one attached hydrogen (secondary N) is 1. The number of benzene rings is 2. The van der Waals surface area contributed by atoms with Gasteiger partial charge in [-0.25, -0.2) is 9.97 Å². The van der Waals surface area contributed by atoms with E-state index in [9.17, 15) is 27.6 Å². The lowest BCUT2D eigenvalue weighted by molar-refractivity contribution is -0.141. The molecule has 0 atom stereocenters. The van der Waals surface area contributed by atoms with Gasteiger partial charge >= 0.3 is 6.18 Å². The second-order valence-corrected chi connectivity index (χ2v) is 13.5. The van der Waals surface area contributed by atoms with Crippen LogP contribution in [0.2, 0.25) is 0 Å². The smallest absolute Gasteiger partial charge is 0.435 e. The maximum absolute atomic E-state index is 14.5. The Labute approximate surface area is 303 Å². The average Bonchev–Trinajstić information content (AvgIpc) is 3.92. The summed E-state index contributed by atoms with van der Waals surface area (Å²) < 4.78 is 51.1. The quantitative estimate of drug-likeness (QED) is 0.234. The molecule has 3 amide bonds. The number of fused-ring (bicyclic) bond motifs is 2. The topological polar surface area (TPSA) is 140 Å². The van der Waals surface area contributed by atoms with Gasteiger partial charge in [0.15, 0.2) is 5.69 Å². The number of carbonyl (C=O) groups excluding carboxylic acids is 3. The molecule has 2 aromatic carbocycles. The molecule has 0 saturated carbocycles. The van der Waals surface area contributed by atoms with Gasteiger partial charge in [0.2, 0.25) is 0 Å². The minimum absolute atomic E-state index is 0.109. The summed E-state index contributed by atoms with van der Waals surface area (Å²) in [6.45, 7) is 1.04. The summed E-state index contributed by atoms with van der Waals surface area (Å²) in [5.74, 6) is -0.690. The summed E-state index contributed by atoms with van der Waals surface area (Å²) in [4.78, 5) is 56.7. The van der Waals surface area contributed by atoms with Crippen molar-refractivity contribution >= 4 is 45.6 Å². The first-order chi connectivity index (χ1) is 25.5. The Morgan fingerprint density at radius 1 is 1.08 bits per heavy atom. The molecule has 1 N–H and O–H groups in total. The Morgan fingerprint density at radius 2 is 1.89 bits per heavy atom. The normalized spacial score (nSPS) is 14.7. The molecule has 8 rings (SSSR count). The summed E-state index contributed by atoms with van der Waals surface area (Å²) in [5, 5.41) is 8.85. The molecule has 270 valence electrons. The number of aromatic nitrogens is 6. The van der Waals surface area contributed by atoms with Crippen LogP contribution in [0.15, 0.2) is 72.3 Å². The average molecular weight is 742 g/mol. The largest absolute Gasteiger partial charge is 0.497 e. The number of hydrogen-bond acceptors (Lipinski definition) is 9. The lowest BCUT2D eigenvalue weighted by Gasteiger charge is -2.39. The van der Waals surface area contributed by atoms with Crippen molar-refractivity contribution in [1.82, 2.24) is 39.5 Å². The van der Waals surface area contributed by atoms with E-state index in [4.69, 9.17) is 4.74 Å². The van der Waals surface area contributed by atoms with Crippen LogP contribution < -0.4 is 15.0 Å². The van der Waals surface area contributed by atoms with E-state index in [1.807, 2.05) is 0 Å². The van der Waals surface area contributed by atoms with Gasteiger partial charge in [0, 0.05) is 79.9 Å². The zero-order valence-corrected chi connectivity index (χ0v) is 29.1. The molecule has 0 bridgehead atoms. The van der Waals surface area contributed by atoms with Crippen molar-refractivity contribution in [3.05, 3.63) is 106 Å². The first-order valence-corrected chi connectivity index (χ1v) is 17.4. The van der Waals surface area contributed by atoms with Crippen molar-refractivity contribution in [2.45, 2.75) is 25.2 Å². The van der Waals surface area contributed by atoms with Crippen molar-refractivity contribution in [1.29, 1.82) is 0 Å². The lowest BCUT2D eigenvalue weighted by atomic mass is 9.87. The number of ether oxygens (including phenoxy) is 1. The Balaban J connectivity index is 1.14. The van der Waals surface area contributed by atoms with Gasteiger partial charge in [0.1, 0.15) is 11.4 Å². The zero-order valence-electron chi connectivity index (χ0n) is 28.3. The molecule has 13 nitrogen and oxygen atoms in total. The van der Waals surface area contributed by atoms with Crippen LogP contribution in [0.3, 0.4) is 0 Å². The first-order valence-electron chi connectivity index (χ1n) is 16.5. The van der Waals surface area contributed by atoms with E-state index in [0.29, 0.717) is 52.3 Å². The highest BCUT2D eigenvalue weighted by Crippen LogP contribution is 2.41. The fourth-order valence-electron chi connectivity index (χ4n) is 6.93. The molecule has 6 aromatic rings. The van der Waals surface area contributed by atoms with Crippen LogP contribution in [0.4, 0.5) is 18.9 Å². The van der Waals surface area contributed by atoms with Gasteiger partial charge in [-0.05, 0) is 53.4 Å². The molecule has 6 heterocycles. The number of anilines is 1. The van der Waals surface area contributed by atoms with Gasteiger partial charge in [-0.3, -0.25) is 24.0 Å². The molecule has 4 aromatic heterocycles. The number of methoxy groups -OCH3 is 1. The minimum atomic E-state index is -4.72. The number of imidazole rings is 1. The number of hydrogen-bond donors (Lipinski definition) is 1. The van der Waals surface area contributed by atoms with Crippen LogP contribution in [0.1, 0.15) is 48.0 Å². The number of amides is 3. The maximum Gasteiger partial charge on any atom is 0.435 e. The van der Waals surface area contributed by atoms with E-state index >= 15 is 0 Å². The minimum Gasteiger partial charge on any atom is -0.497 e.